The minimum atomic E-state index is -1.05. The molecule has 16 heavy (non-hydrogen) atoms. The molecule has 0 aliphatic heterocycles. The number of carbonyl (C=O) groups is 1. The smallest absolute Gasteiger partial charge is 0.356 e. The van der Waals surface area contributed by atoms with Gasteiger partial charge in [-0.05, 0) is 6.04 Å². The Morgan fingerprint density at radius 3 is 2.75 bits per heavy atom. The van der Waals surface area contributed by atoms with Gasteiger partial charge in [0.15, 0.2) is 5.69 Å². The fraction of sp³-hybridized carbons (Fsp3) is 0.600. The normalized spacial score (nSPS) is 11.7. The van der Waals surface area contributed by atoms with E-state index in [9.17, 15) is 4.79 Å². The number of hydrogen-bond donors (Lipinski definition) is 1. The molecule has 0 aliphatic rings. The van der Waals surface area contributed by atoms with Crippen LogP contribution in [0.3, 0.4) is 0 Å². The van der Waals surface area contributed by atoms with Crippen molar-refractivity contribution in [3.8, 4) is 0 Å². The molecule has 0 aliphatic carbocycles. The lowest BCUT2D eigenvalue weighted by molar-refractivity contribution is 0.0689. The summed E-state index contributed by atoms with van der Waals surface area (Å²) in [6.07, 6.45) is 2.94. The van der Waals surface area contributed by atoms with Crippen LogP contribution in [0.2, 0.25) is 25.7 Å². The number of carboxylic acids is 1. The van der Waals surface area contributed by atoms with Crippen LogP contribution in [0.15, 0.2) is 12.5 Å². The Bertz CT molecular complexity index is 357. The van der Waals surface area contributed by atoms with Crippen LogP contribution in [-0.2, 0) is 11.5 Å². The predicted octanol–water partition coefficient (Wildman–Crippen LogP) is 1.89. The third-order valence-electron chi connectivity index (χ3n) is 2.09. The van der Waals surface area contributed by atoms with Gasteiger partial charge in [0.05, 0.1) is 6.33 Å². The summed E-state index contributed by atoms with van der Waals surface area (Å²) < 4.78 is 7.09. The van der Waals surface area contributed by atoms with Crippen molar-refractivity contribution in [3.63, 3.8) is 0 Å². The van der Waals surface area contributed by atoms with Crippen molar-refractivity contribution in [2.75, 3.05) is 6.61 Å². The largest absolute Gasteiger partial charge is 0.476 e. The van der Waals surface area contributed by atoms with Crippen LogP contribution in [0.25, 0.3) is 0 Å². The van der Waals surface area contributed by atoms with Crippen LogP contribution < -0.4 is 0 Å². The van der Waals surface area contributed by atoms with Gasteiger partial charge >= 0.3 is 5.97 Å². The molecule has 0 aromatic carbocycles. The summed E-state index contributed by atoms with van der Waals surface area (Å²) in [4.78, 5) is 14.3. The fourth-order valence-corrected chi connectivity index (χ4v) is 1.85. The average molecular weight is 242 g/mol. The summed E-state index contributed by atoms with van der Waals surface area (Å²) in [7, 11) is -1.05. The van der Waals surface area contributed by atoms with E-state index in [1.54, 1.807) is 4.57 Å². The minimum Gasteiger partial charge on any atom is -0.476 e. The molecule has 0 fully saturated rings. The Morgan fingerprint density at radius 1 is 1.56 bits per heavy atom. The molecule has 0 unspecified atom stereocenters. The molecule has 0 saturated heterocycles. The number of aromatic nitrogens is 2. The van der Waals surface area contributed by atoms with E-state index >= 15 is 0 Å². The maximum Gasteiger partial charge on any atom is 0.356 e. The fourth-order valence-electron chi connectivity index (χ4n) is 1.09. The third-order valence-corrected chi connectivity index (χ3v) is 3.79. The van der Waals surface area contributed by atoms with E-state index in [2.05, 4.69) is 24.6 Å². The summed E-state index contributed by atoms with van der Waals surface area (Å²) in [5, 5.41) is 8.67. The van der Waals surface area contributed by atoms with Crippen molar-refractivity contribution in [1.82, 2.24) is 9.55 Å². The zero-order valence-electron chi connectivity index (χ0n) is 9.93. The second-order valence-corrected chi connectivity index (χ2v) is 10.5. The summed E-state index contributed by atoms with van der Waals surface area (Å²) in [6, 6.07) is 1.10. The summed E-state index contributed by atoms with van der Waals surface area (Å²) in [5.74, 6) is -1.01. The molecule has 1 heterocycles. The first kappa shape index (κ1) is 12.9. The van der Waals surface area contributed by atoms with Gasteiger partial charge in [0.25, 0.3) is 0 Å². The molecule has 0 radical (unpaired) electrons. The van der Waals surface area contributed by atoms with E-state index in [1.165, 1.54) is 12.5 Å². The van der Waals surface area contributed by atoms with Crippen LogP contribution in [0, 0.1) is 0 Å². The highest BCUT2D eigenvalue weighted by Crippen LogP contribution is 2.07. The predicted molar refractivity (Wildman–Crippen MR) is 63.3 cm³/mol. The van der Waals surface area contributed by atoms with Crippen molar-refractivity contribution in [2.24, 2.45) is 0 Å². The molecule has 0 atom stereocenters. The maximum absolute atomic E-state index is 10.6. The first-order chi connectivity index (χ1) is 7.38. The molecule has 0 amide bonds. The molecule has 90 valence electrons. The highest BCUT2D eigenvalue weighted by Gasteiger charge is 2.12. The Balaban J connectivity index is 2.30. The SMILES string of the molecule is C[Si](C)(C)CCOCn1cnc(C(=O)O)c1. The Morgan fingerprint density at radius 2 is 2.25 bits per heavy atom. The molecule has 6 heteroatoms. The molecule has 1 aromatic rings. The zero-order valence-corrected chi connectivity index (χ0v) is 10.9. The van der Waals surface area contributed by atoms with Crippen molar-refractivity contribution in [1.29, 1.82) is 0 Å². The van der Waals surface area contributed by atoms with Crippen LogP contribution in [0.5, 0.6) is 0 Å². The van der Waals surface area contributed by atoms with Crippen molar-refractivity contribution in [3.05, 3.63) is 18.2 Å². The molecular formula is C10H18N2O3Si. The van der Waals surface area contributed by atoms with Gasteiger partial charge in [-0.1, -0.05) is 19.6 Å². The average Bonchev–Trinajstić information content (AvgIpc) is 2.59. The Kier molecular flexibility index (Phi) is 4.25. The van der Waals surface area contributed by atoms with Crippen molar-refractivity contribution >= 4 is 14.0 Å². The van der Waals surface area contributed by atoms with E-state index in [-0.39, 0.29) is 5.69 Å². The van der Waals surface area contributed by atoms with Crippen LogP contribution in [-0.4, -0.2) is 35.3 Å². The standard InChI is InChI=1S/C10H18N2O3Si/c1-16(2,3)5-4-15-8-12-6-9(10(13)14)11-7-12/h6-7H,4-5,8H2,1-3H3,(H,13,14). The minimum absolute atomic E-state index is 0.0498. The van der Waals surface area contributed by atoms with E-state index < -0.39 is 14.0 Å². The van der Waals surface area contributed by atoms with Crippen LogP contribution in [0.4, 0.5) is 0 Å². The lowest BCUT2D eigenvalue weighted by Gasteiger charge is -2.15. The molecule has 5 nitrogen and oxygen atoms in total. The van der Waals surface area contributed by atoms with E-state index in [1.807, 2.05) is 0 Å². The van der Waals surface area contributed by atoms with Crippen LogP contribution in [0.1, 0.15) is 10.5 Å². The van der Waals surface area contributed by atoms with E-state index in [0.29, 0.717) is 6.73 Å². The molecule has 0 spiro atoms. The quantitative estimate of drug-likeness (QED) is 0.611. The molecule has 1 N–H and O–H groups in total. The van der Waals surface area contributed by atoms with Gasteiger partial charge in [-0.3, -0.25) is 0 Å². The topological polar surface area (TPSA) is 64.4 Å². The number of carboxylic acid groups (broad SMARTS) is 1. The first-order valence-corrected chi connectivity index (χ1v) is 8.92. The van der Waals surface area contributed by atoms with Gasteiger partial charge in [0.2, 0.25) is 0 Å². The van der Waals surface area contributed by atoms with Gasteiger partial charge in [-0.15, -0.1) is 0 Å². The summed E-state index contributed by atoms with van der Waals surface area (Å²) in [5.41, 5.74) is 0.0498. The van der Waals surface area contributed by atoms with Gasteiger partial charge in [-0.2, -0.15) is 0 Å². The van der Waals surface area contributed by atoms with Gasteiger partial charge in [0, 0.05) is 20.9 Å². The monoisotopic (exact) mass is 242 g/mol. The lowest BCUT2D eigenvalue weighted by Crippen LogP contribution is -2.21. The third kappa shape index (κ3) is 4.58. The number of ether oxygens (including phenoxy) is 1. The van der Waals surface area contributed by atoms with Crippen molar-refractivity contribution in [2.45, 2.75) is 32.4 Å². The summed E-state index contributed by atoms with van der Waals surface area (Å²) >= 11 is 0. The molecule has 1 rings (SSSR count). The molecular weight excluding hydrogens is 224 g/mol. The first-order valence-electron chi connectivity index (χ1n) is 5.21. The van der Waals surface area contributed by atoms with E-state index in [4.69, 9.17) is 9.84 Å². The number of hydrogen-bond acceptors (Lipinski definition) is 3. The Labute approximate surface area is 96.1 Å². The summed E-state index contributed by atoms with van der Waals surface area (Å²) in [6.45, 7) is 7.95. The number of nitrogens with zero attached hydrogens (tertiary/aromatic N) is 2. The second-order valence-electron chi connectivity index (χ2n) is 4.93. The number of aromatic carboxylic acids is 1. The highest BCUT2D eigenvalue weighted by molar-refractivity contribution is 6.76. The maximum atomic E-state index is 10.6. The van der Waals surface area contributed by atoms with Gasteiger partial charge in [0.1, 0.15) is 6.73 Å². The molecule has 1 aromatic heterocycles. The van der Waals surface area contributed by atoms with Gasteiger partial charge < -0.3 is 14.4 Å². The molecule has 0 bridgehead atoms. The highest BCUT2D eigenvalue weighted by atomic mass is 28.3. The van der Waals surface area contributed by atoms with Crippen molar-refractivity contribution < 1.29 is 14.6 Å². The Hall–Kier alpha value is -1.14. The number of rotatable bonds is 6. The zero-order chi connectivity index (χ0) is 12.2. The number of imidazole rings is 1. The second kappa shape index (κ2) is 5.27. The lowest BCUT2D eigenvalue weighted by atomic mass is 10.5. The van der Waals surface area contributed by atoms with E-state index in [0.717, 1.165) is 12.7 Å². The molecule has 0 saturated carbocycles. The van der Waals surface area contributed by atoms with Gasteiger partial charge in [-0.25, -0.2) is 9.78 Å². The van der Waals surface area contributed by atoms with Crippen LogP contribution >= 0.6 is 0 Å².